The van der Waals surface area contributed by atoms with Crippen molar-refractivity contribution in [3.63, 3.8) is 0 Å². The van der Waals surface area contributed by atoms with Crippen molar-refractivity contribution in [2.75, 3.05) is 6.54 Å². The lowest BCUT2D eigenvalue weighted by Crippen LogP contribution is -2.31. The van der Waals surface area contributed by atoms with Gasteiger partial charge in [0.05, 0.1) is 11.1 Å². The Bertz CT molecular complexity index is 584. The van der Waals surface area contributed by atoms with Gasteiger partial charge in [0.2, 0.25) is 0 Å². The maximum Gasteiger partial charge on any atom is 0.153 e. The Morgan fingerprint density at radius 2 is 1.89 bits per heavy atom. The Balaban J connectivity index is 2.52. The van der Waals surface area contributed by atoms with E-state index in [0.29, 0.717) is 15.6 Å². The van der Waals surface area contributed by atoms with E-state index in [0.717, 1.165) is 17.7 Å². The summed E-state index contributed by atoms with van der Waals surface area (Å²) in [5.41, 5.74) is 0.758. The Kier molecular flexibility index (Phi) is 4.14. The molecule has 0 bridgehead atoms. The summed E-state index contributed by atoms with van der Waals surface area (Å²) in [6.45, 7) is 9.52. The lowest BCUT2D eigenvalue weighted by Gasteiger charge is -2.29. The van der Waals surface area contributed by atoms with E-state index in [9.17, 15) is 0 Å². The molecule has 0 saturated heterocycles. The molecule has 1 N–H and O–H groups in total. The third kappa shape index (κ3) is 3.07. The van der Waals surface area contributed by atoms with Gasteiger partial charge in [-0.05, 0) is 30.2 Å². The summed E-state index contributed by atoms with van der Waals surface area (Å²) in [6.07, 6.45) is 0. The zero-order valence-electron chi connectivity index (χ0n) is 11.7. The maximum absolute atomic E-state index is 6.17. The zero-order valence-corrected chi connectivity index (χ0v) is 13.2. The maximum atomic E-state index is 6.17. The van der Waals surface area contributed by atoms with Crippen LogP contribution in [0.15, 0.2) is 22.6 Å². The second-order valence-corrected chi connectivity index (χ2v) is 6.66. The quantitative estimate of drug-likeness (QED) is 0.817. The van der Waals surface area contributed by atoms with E-state index in [2.05, 4.69) is 33.0 Å². The smallest absolute Gasteiger partial charge is 0.153 e. The summed E-state index contributed by atoms with van der Waals surface area (Å²) in [4.78, 5) is 0. The molecule has 2 rings (SSSR count). The molecule has 2 aromatic rings. The molecule has 2 nitrogen and oxygen atoms in total. The third-order valence-corrected chi connectivity index (χ3v) is 3.61. The molecule has 0 radical (unpaired) electrons. The van der Waals surface area contributed by atoms with E-state index in [1.54, 1.807) is 6.07 Å². The molecular weight excluding hydrogens is 281 g/mol. The van der Waals surface area contributed by atoms with Gasteiger partial charge in [-0.15, -0.1) is 0 Å². The first-order chi connectivity index (χ1) is 8.82. The van der Waals surface area contributed by atoms with Crippen molar-refractivity contribution in [3.8, 4) is 0 Å². The highest BCUT2D eigenvalue weighted by Crippen LogP contribution is 2.38. The van der Waals surface area contributed by atoms with Crippen LogP contribution in [-0.2, 0) is 0 Å². The summed E-state index contributed by atoms with van der Waals surface area (Å²) < 4.78 is 5.94. The zero-order chi connectivity index (χ0) is 14.2. The van der Waals surface area contributed by atoms with Crippen LogP contribution in [0.4, 0.5) is 0 Å². The van der Waals surface area contributed by atoms with Crippen molar-refractivity contribution in [2.24, 2.45) is 5.41 Å². The Hall–Kier alpha value is -0.700. The van der Waals surface area contributed by atoms with Gasteiger partial charge < -0.3 is 9.73 Å². The fourth-order valence-electron chi connectivity index (χ4n) is 2.28. The predicted molar refractivity (Wildman–Crippen MR) is 82.1 cm³/mol. The largest absolute Gasteiger partial charge is 0.458 e. The minimum Gasteiger partial charge on any atom is -0.458 e. The number of nitrogens with one attached hydrogen (secondary N) is 1. The van der Waals surface area contributed by atoms with Crippen LogP contribution in [0.25, 0.3) is 11.0 Å². The van der Waals surface area contributed by atoms with Crippen LogP contribution < -0.4 is 5.32 Å². The molecule has 4 heteroatoms. The highest BCUT2D eigenvalue weighted by Gasteiger charge is 2.28. The van der Waals surface area contributed by atoms with Crippen LogP contribution in [-0.4, -0.2) is 6.54 Å². The molecular formula is C15H19Cl2NO. The number of hydrogen-bond donors (Lipinski definition) is 1. The average molecular weight is 300 g/mol. The summed E-state index contributed by atoms with van der Waals surface area (Å²) in [6, 6.07) is 5.74. The van der Waals surface area contributed by atoms with E-state index >= 15 is 0 Å². The predicted octanol–water partition coefficient (Wildman–Crippen LogP) is 5.44. The van der Waals surface area contributed by atoms with Gasteiger partial charge in [-0.3, -0.25) is 0 Å². The lowest BCUT2D eigenvalue weighted by molar-refractivity contribution is 0.244. The summed E-state index contributed by atoms with van der Waals surface area (Å²) in [5.74, 6) is 0.897. The molecule has 1 heterocycles. The first-order valence-electron chi connectivity index (χ1n) is 6.44. The molecule has 19 heavy (non-hydrogen) atoms. The standard InChI is InChI=1S/C15H19Cl2NO/c1-5-18-14(15(2,3)4)12-7-9-6-10(16)8-11(17)13(9)19-12/h6-8,14,18H,5H2,1-4H3. The molecule has 1 aromatic carbocycles. The van der Waals surface area contributed by atoms with Gasteiger partial charge in [0.1, 0.15) is 5.76 Å². The van der Waals surface area contributed by atoms with Crippen molar-refractivity contribution >= 4 is 34.2 Å². The number of benzene rings is 1. The van der Waals surface area contributed by atoms with E-state index < -0.39 is 0 Å². The summed E-state index contributed by atoms with van der Waals surface area (Å²) in [5, 5.41) is 5.59. The number of rotatable bonds is 3. The molecule has 1 unspecified atom stereocenters. The molecule has 104 valence electrons. The van der Waals surface area contributed by atoms with Crippen LogP contribution in [0.2, 0.25) is 10.0 Å². The van der Waals surface area contributed by atoms with E-state index in [4.69, 9.17) is 27.6 Å². The van der Waals surface area contributed by atoms with Gasteiger partial charge in [-0.1, -0.05) is 50.9 Å². The number of hydrogen-bond acceptors (Lipinski definition) is 2. The van der Waals surface area contributed by atoms with Crippen LogP contribution >= 0.6 is 23.2 Å². The first-order valence-corrected chi connectivity index (χ1v) is 7.20. The molecule has 0 saturated carbocycles. The van der Waals surface area contributed by atoms with Crippen LogP contribution in [0.5, 0.6) is 0 Å². The topological polar surface area (TPSA) is 25.2 Å². The van der Waals surface area contributed by atoms with Crippen molar-refractivity contribution in [3.05, 3.63) is 34.0 Å². The molecule has 0 aliphatic carbocycles. The average Bonchev–Trinajstić information content (AvgIpc) is 2.67. The Labute approximate surface area is 124 Å². The molecule has 0 spiro atoms. The highest BCUT2D eigenvalue weighted by molar-refractivity contribution is 6.38. The molecule has 1 aromatic heterocycles. The van der Waals surface area contributed by atoms with Gasteiger partial charge in [0, 0.05) is 10.4 Å². The fraction of sp³-hybridized carbons (Fsp3) is 0.467. The molecule has 0 aliphatic rings. The molecule has 0 fully saturated rings. The Morgan fingerprint density at radius 1 is 1.21 bits per heavy atom. The van der Waals surface area contributed by atoms with Gasteiger partial charge in [0.25, 0.3) is 0 Å². The number of fused-ring (bicyclic) bond motifs is 1. The van der Waals surface area contributed by atoms with Crippen molar-refractivity contribution in [2.45, 2.75) is 33.7 Å². The SMILES string of the molecule is CCNC(c1cc2cc(Cl)cc(Cl)c2o1)C(C)(C)C. The lowest BCUT2D eigenvalue weighted by atomic mass is 9.85. The van der Waals surface area contributed by atoms with Crippen molar-refractivity contribution < 1.29 is 4.42 Å². The second kappa shape index (κ2) is 5.35. The van der Waals surface area contributed by atoms with Gasteiger partial charge >= 0.3 is 0 Å². The highest BCUT2D eigenvalue weighted by atomic mass is 35.5. The van der Waals surface area contributed by atoms with Crippen LogP contribution in [0.3, 0.4) is 0 Å². The number of furan rings is 1. The fourth-order valence-corrected chi connectivity index (χ4v) is 2.82. The van der Waals surface area contributed by atoms with E-state index in [1.165, 1.54) is 0 Å². The van der Waals surface area contributed by atoms with Gasteiger partial charge in [-0.25, -0.2) is 0 Å². The minimum atomic E-state index is 0.0557. The molecule has 1 atom stereocenters. The molecule has 0 amide bonds. The first kappa shape index (κ1) is 14.7. The van der Waals surface area contributed by atoms with Crippen molar-refractivity contribution in [1.82, 2.24) is 5.32 Å². The van der Waals surface area contributed by atoms with Crippen molar-refractivity contribution in [1.29, 1.82) is 0 Å². The van der Waals surface area contributed by atoms with Gasteiger partial charge in [-0.2, -0.15) is 0 Å². The van der Waals surface area contributed by atoms with Gasteiger partial charge in [0.15, 0.2) is 5.58 Å². The summed E-state index contributed by atoms with van der Waals surface area (Å²) >= 11 is 12.2. The monoisotopic (exact) mass is 299 g/mol. The van der Waals surface area contributed by atoms with E-state index in [-0.39, 0.29) is 11.5 Å². The third-order valence-electron chi connectivity index (χ3n) is 3.11. The number of halogens is 2. The van der Waals surface area contributed by atoms with Crippen LogP contribution in [0.1, 0.15) is 39.5 Å². The Morgan fingerprint density at radius 3 is 2.47 bits per heavy atom. The van der Waals surface area contributed by atoms with E-state index in [1.807, 2.05) is 12.1 Å². The molecule has 0 aliphatic heterocycles. The summed E-state index contributed by atoms with van der Waals surface area (Å²) in [7, 11) is 0. The normalized spacial score (nSPS) is 14.0. The minimum absolute atomic E-state index is 0.0557. The van der Waals surface area contributed by atoms with Crippen LogP contribution in [0, 0.1) is 5.41 Å². The second-order valence-electron chi connectivity index (χ2n) is 5.81.